The average Bonchev–Trinajstić information content (AvgIpc) is 2.94. The van der Waals surface area contributed by atoms with Gasteiger partial charge in [-0.25, -0.2) is 9.59 Å². The van der Waals surface area contributed by atoms with Crippen LogP contribution in [0.5, 0.6) is 0 Å². The van der Waals surface area contributed by atoms with Crippen molar-refractivity contribution in [3.05, 3.63) is 41.6 Å². The van der Waals surface area contributed by atoms with Gasteiger partial charge < -0.3 is 24.3 Å². The second-order valence-electron chi connectivity index (χ2n) is 6.10. The number of ether oxygens (including phenoxy) is 4. The molecule has 1 N–H and O–H groups in total. The van der Waals surface area contributed by atoms with Crippen molar-refractivity contribution in [1.82, 2.24) is 0 Å². The Morgan fingerprint density at radius 2 is 1.67 bits per heavy atom. The number of cyclic esters (lactones) is 2. The minimum Gasteiger partial charge on any atom is -0.419 e. The van der Waals surface area contributed by atoms with Gasteiger partial charge in [0.25, 0.3) is 5.79 Å². The molecule has 0 aromatic heterocycles. The molecule has 0 saturated carbocycles. The Labute approximate surface area is 139 Å². The van der Waals surface area contributed by atoms with Crippen molar-refractivity contribution >= 4 is 17.6 Å². The molecule has 1 aromatic carbocycles. The summed E-state index contributed by atoms with van der Waals surface area (Å²) in [6.07, 6.45) is 1.28. The second kappa shape index (κ2) is 5.92. The monoisotopic (exact) mass is 333 g/mol. The lowest BCUT2D eigenvalue weighted by Gasteiger charge is -2.29. The van der Waals surface area contributed by atoms with Crippen molar-refractivity contribution in [2.45, 2.75) is 32.3 Å². The van der Waals surface area contributed by atoms with Crippen LogP contribution in [0.1, 0.15) is 26.3 Å². The largest absolute Gasteiger partial charge is 0.419 e. The van der Waals surface area contributed by atoms with E-state index in [1.807, 2.05) is 25.1 Å². The molecular weight excluding hydrogens is 314 g/mol. The fraction of sp³-hybridized carbons (Fsp3) is 0.412. The number of carbonyl (C=O) groups is 2. The van der Waals surface area contributed by atoms with Gasteiger partial charge in [0.1, 0.15) is 0 Å². The molecule has 1 aromatic rings. The number of nitrogens with one attached hydrogen (secondary N) is 1. The first-order valence-electron chi connectivity index (χ1n) is 7.61. The van der Waals surface area contributed by atoms with Gasteiger partial charge in [0.2, 0.25) is 0 Å². The molecule has 2 heterocycles. The molecular formula is C17H19NO6. The Morgan fingerprint density at radius 3 is 2.29 bits per heavy atom. The lowest BCUT2D eigenvalue weighted by Crippen LogP contribution is -2.42. The summed E-state index contributed by atoms with van der Waals surface area (Å²) in [5.41, 5.74) is 1.31. The van der Waals surface area contributed by atoms with Gasteiger partial charge in [0.15, 0.2) is 11.4 Å². The lowest BCUT2D eigenvalue weighted by atomic mass is 10.1. The van der Waals surface area contributed by atoms with Crippen molar-refractivity contribution in [3.8, 4) is 0 Å². The summed E-state index contributed by atoms with van der Waals surface area (Å²) in [5.74, 6) is -3.50. The molecule has 0 radical (unpaired) electrons. The van der Waals surface area contributed by atoms with Crippen LogP contribution in [0.2, 0.25) is 0 Å². The van der Waals surface area contributed by atoms with Crippen LogP contribution in [0.3, 0.4) is 0 Å². The van der Waals surface area contributed by atoms with Crippen molar-refractivity contribution in [3.63, 3.8) is 0 Å². The maximum absolute atomic E-state index is 11.9. The summed E-state index contributed by atoms with van der Waals surface area (Å²) >= 11 is 0. The molecule has 2 fully saturated rings. The highest BCUT2D eigenvalue weighted by molar-refractivity contribution is 6.15. The molecule has 3 rings (SSSR count). The highest BCUT2D eigenvalue weighted by Crippen LogP contribution is 2.32. The molecule has 0 amide bonds. The van der Waals surface area contributed by atoms with Gasteiger partial charge in [-0.05, 0) is 19.1 Å². The molecule has 0 aliphatic carbocycles. The Bertz CT molecular complexity index is 681. The van der Waals surface area contributed by atoms with E-state index in [0.717, 1.165) is 5.56 Å². The molecule has 7 heteroatoms. The first kappa shape index (κ1) is 16.5. The predicted octanol–water partition coefficient (Wildman–Crippen LogP) is 2.04. The van der Waals surface area contributed by atoms with Crippen LogP contribution in [-0.2, 0) is 34.3 Å². The van der Waals surface area contributed by atoms with Crippen LogP contribution in [-0.4, -0.2) is 30.9 Å². The van der Waals surface area contributed by atoms with E-state index in [0.29, 0.717) is 18.9 Å². The number of rotatable bonds is 3. The zero-order valence-electron chi connectivity index (χ0n) is 13.8. The summed E-state index contributed by atoms with van der Waals surface area (Å²) in [4.78, 5) is 23.8. The van der Waals surface area contributed by atoms with Gasteiger partial charge in [-0.2, -0.15) is 0 Å². The molecule has 0 bridgehead atoms. The number of benzene rings is 1. The van der Waals surface area contributed by atoms with Gasteiger partial charge >= 0.3 is 11.9 Å². The highest BCUT2D eigenvalue weighted by Gasteiger charge is 2.39. The number of anilines is 1. The first-order chi connectivity index (χ1) is 11.3. The Balaban J connectivity index is 1.77. The van der Waals surface area contributed by atoms with Crippen molar-refractivity contribution in [2.24, 2.45) is 0 Å². The number of carbonyl (C=O) groups excluding carboxylic acids is 2. The second-order valence-corrected chi connectivity index (χ2v) is 6.10. The van der Waals surface area contributed by atoms with E-state index in [2.05, 4.69) is 5.32 Å². The maximum Gasteiger partial charge on any atom is 0.350 e. The molecule has 2 aliphatic heterocycles. The minimum absolute atomic E-state index is 0.195. The summed E-state index contributed by atoms with van der Waals surface area (Å²) in [7, 11) is 0. The van der Waals surface area contributed by atoms with Crippen molar-refractivity contribution in [1.29, 1.82) is 0 Å². The van der Waals surface area contributed by atoms with Gasteiger partial charge in [0, 0.05) is 31.3 Å². The van der Waals surface area contributed by atoms with E-state index in [-0.39, 0.29) is 5.57 Å². The van der Waals surface area contributed by atoms with Gasteiger partial charge in [-0.1, -0.05) is 12.1 Å². The summed E-state index contributed by atoms with van der Waals surface area (Å²) < 4.78 is 21.3. The molecule has 2 saturated heterocycles. The maximum atomic E-state index is 11.9. The smallest absolute Gasteiger partial charge is 0.350 e. The average molecular weight is 333 g/mol. The zero-order chi connectivity index (χ0) is 17.4. The fourth-order valence-corrected chi connectivity index (χ4v) is 2.51. The predicted molar refractivity (Wildman–Crippen MR) is 83.7 cm³/mol. The molecule has 128 valence electrons. The number of hydrogen-bond donors (Lipinski definition) is 1. The van der Waals surface area contributed by atoms with Gasteiger partial charge in [0.05, 0.1) is 13.2 Å². The summed E-state index contributed by atoms with van der Waals surface area (Å²) in [5, 5.41) is 2.91. The van der Waals surface area contributed by atoms with E-state index < -0.39 is 23.5 Å². The molecule has 24 heavy (non-hydrogen) atoms. The molecule has 0 spiro atoms. The standard InChI is InChI=1S/C17H19NO6/c1-16(2)23-14(19)13(15(20)24-16)10-18-12-6-4-5-11(9-12)17(3)21-7-8-22-17/h4-6,9-10,18H,7-8H2,1-3H3. The lowest BCUT2D eigenvalue weighted by molar-refractivity contribution is -0.222. The summed E-state index contributed by atoms with van der Waals surface area (Å²) in [6.45, 7) is 5.91. The molecule has 0 unspecified atom stereocenters. The van der Waals surface area contributed by atoms with Crippen LogP contribution >= 0.6 is 0 Å². The highest BCUT2D eigenvalue weighted by atomic mass is 16.7. The third kappa shape index (κ3) is 3.27. The third-order valence-electron chi connectivity index (χ3n) is 3.73. The van der Waals surface area contributed by atoms with Crippen LogP contribution in [0.15, 0.2) is 36.0 Å². The fourth-order valence-electron chi connectivity index (χ4n) is 2.51. The molecule has 2 aliphatic rings. The molecule has 7 nitrogen and oxygen atoms in total. The number of hydrogen-bond acceptors (Lipinski definition) is 7. The van der Waals surface area contributed by atoms with E-state index >= 15 is 0 Å². The Morgan fingerprint density at radius 1 is 1.04 bits per heavy atom. The third-order valence-corrected chi connectivity index (χ3v) is 3.73. The van der Waals surface area contributed by atoms with E-state index in [4.69, 9.17) is 18.9 Å². The van der Waals surface area contributed by atoms with Crippen molar-refractivity contribution < 1.29 is 28.5 Å². The van der Waals surface area contributed by atoms with Gasteiger partial charge in [-0.15, -0.1) is 0 Å². The van der Waals surface area contributed by atoms with E-state index in [1.165, 1.54) is 20.0 Å². The molecule has 0 atom stereocenters. The quantitative estimate of drug-likeness (QED) is 0.515. The van der Waals surface area contributed by atoms with Gasteiger partial charge in [-0.3, -0.25) is 0 Å². The SMILES string of the molecule is CC1(C)OC(=O)C(=CNc2cccc(C3(C)OCCO3)c2)C(=O)O1. The summed E-state index contributed by atoms with van der Waals surface area (Å²) in [6, 6.07) is 7.33. The Hall–Kier alpha value is -2.38. The zero-order valence-corrected chi connectivity index (χ0v) is 13.8. The normalized spacial score (nSPS) is 21.9. The topological polar surface area (TPSA) is 83.1 Å². The van der Waals surface area contributed by atoms with Crippen molar-refractivity contribution in [2.75, 3.05) is 18.5 Å². The van der Waals surface area contributed by atoms with Crippen LogP contribution in [0.25, 0.3) is 0 Å². The van der Waals surface area contributed by atoms with Crippen LogP contribution in [0.4, 0.5) is 5.69 Å². The van der Waals surface area contributed by atoms with Crippen LogP contribution in [0, 0.1) is 0 Å². The van der Waals surface area contributed by atoms with E-state index in [9.17, 15) is 9.59 Å². The number of esters is 2. The van der Waals surface area contributed by atoms with E-state index in [1.54, 1.807) is 6.07 Å². The van der Waals surface area contributed by atoms with Crippen LogP contribution < -0.4 is 5.32 Å². The minimum atomic E-state index is -1.25. The first-order valence-corrected chi connectivity index (χ1v) is 7.61. The Kier molecular flexibility index (Phi) is 4.06.